The molecule has 10 unspecified atom stereocenters. The van der Waals surface area contributed by atoms with Crippen molar-refractivity contribution in [2.24, 2.45) is 11.8 Å². The molecule has 8 amide bonds. The minimum Gasteiger partial charge on any atom is -0.444 e. The molecule has 85 heavy (non-hydrogen) atoms. The van der Waals surface area contributed by atoms with E-state index in [1.165, 1.54) is 34.1 Å². The van der Waals surface area contributed by atoms with Gasteiger partial charge in [0.15, 0.2) is 0 Å². The van der Waals surface area contributed by atoms with Gasteiger partial charge in [-0.25, -0.2) is 35.9 Å². The first-order chi connectivity index (χ1) is 39.9. The summed E-state index contributed by atoms with van der Waals surface area (Å²) >= 11 is 0. The normalized spacial score (nSPS) is 29.6. The van der Waals surface area contributed by atoms with E-state index < -0.39 is 138 Å². The Morgan fingerprint density at radius 2 is 0.918 bits per heavy atom. The maximum atomic E-state index is 15.1. The Kier molecular flexibility index (Phi) is 19.3. The molecule has 0 bridgehead atoms. The van der Waals surface area contributed by atoms with Gasteiger partial charge in [0, 0.05) is 37.8 Å². The predicted octanol–water partition coefficient (Wildman–Crippen LogP) is 5.15. The summed E-state index contributed by atoms with van der Waals surface area (Å²) in [5.41, 5.74) is -3.79. The van der Waals surface area contributed by atoms with Gasteiger partial charge in [0.25, 0.3) is 31.9 Å². The molecule has 10 atom stereocenters. The van der Waals surface area contributed by atoms with E-state index in [0.29, 0.717) is 51.4 Å². The first-order valence-corrected chi connectivity index (χ1v) is 32.4. The Balaban J connectivity index is 1.10. The van der Waals surface area contributed by atoms with E-state index in [-0.39, 0.29) is 61.4 Å². The lowest BCUT2D eigenvalue weighted by molar-refractivity contribution is -0.141. The number of fused-ring (bicyclic) bond motifs is 4. The van der Waals surface area contributed by atoms with E-state index in [9.17, 15) is 36.0 Å². The number of sulfonamides is 2. The summed E-state index contributed by atoms with van der Waals surface area (Å²) in [5.74, 6) is -6.16. The molecule has 2 aromatic rings. The third-order valence-corrected chi connectivity index (χ3v) is 18.9. The Morgan fingerprint density at radius 3 is 1.27 bits per heavy atom. The van der Waals surface area contributed by atoms with Gasteiger partial charge >= 0.3 is 12.2 Å². The Bertz CT molecular complexity index is 2970. The Hall–Kier alpha value is -6.86. The second-order valence-corrected chi connectivity index (χ2v) is 28.8. The quantitative estimate of drug-likeness (QED) is 0.168. The number of carbonyl (C=O) groups is 8. The summed E-state index contributed by atoms with van der Waals surface area (Å²) in [6, 6.07) is 6.64. The van der Waals surface area contributed by atoms with Crippen molar-refractivity contribution < 1.29 is 69.4 Å². The van der Waals surface area contributed by atoms with Crippen molar-refractivity contribution >= 4 is 67.7 Å². The zero-order chi connectivity index (χ0) is 61.9. The standard InChI is InChI=1S/C60H82N8O15S2/c1-37-23-27-43(28-24-37)84(77,78)65-53(73)59-33-39(59)19-15-11-9-13-17-21-45(61-55(75)82-57(3,4)5)51(71)67-35-41(31-47(67)49(69)63-59)81-42-32-48-50(70)64-60(54(74)66-85(79,80)44-29-25-38(2)26-30-44)34-40(60)20-16-12-10-14-18-22-46(52(72)68(48)36-42)62-56(76)83-58(6,7)8/h15-16,19-20,23-30,39-42,45-48H,9-14,17-18,21-22,31-36H2,1-8H3,(H,61,75)(H,62,76)(H,63,69)(H,64,70)(H,65,73)(H,66,74)/b19-15-,20-16-. The van der Waals surface area contributed by atoms with Crippen LogP contribution in [-0.4, -0.2) is 146 Å². The predicted molar refractivity (Wildman–Crippen MR) is 311 cm³/mol. The minimum atomic E-state index is -4.42. The third-order valence-electron chi connectivity index (χ3n) is 16.2. The van der Waals surface area contributed by atoms with Crippen molar-refractivity contribution in [3.63, 3.8) is 0 Å². The number of benzene rings is 2. The molecule has 0 aromatic heterocycles. The van der Waals surface area contributed by atoms with E-state index in [2.05, 4.69) is 30.7 Å². The molecule has 25 heteroatoms. The van der Waals surface area contributed by atoms with Crippen LogP contribution < -0.4 is 30.7 Å². The molecule has 4 aliphatic heterocycles. The van der Waals surface area contributed by atoms with Crippen molar-refractivity contribution in [3.8, 4) is 0 Å². The fraction of sp³-hybridized carbons (Fsp3) is 0.600. The average molecular weight is 1220 g/mol. The first-order valence-electron chi connectivity index (χ1n) is 29.4. The third kappa shape index (κ3) is 16.0. The molecule has 2 saturated heterocycles. The maximum Gasteiger partial charge on any atom is 0.408 e. The van der Waals surface area contributed by atoms with E-state index >= 15 is 19.2 Å². The van der Waals surface area contributed by atoms with Crippen LogP contribution in [0.15, 0.2) is 82.6 Å². The van der Waals surface area contributed by atoms with Gasteiger partial charge in [-0.2, -0.15) is 0 Å². The molecule has 464 valence electrons. The van der Waals surface area contributed by atoms with Gasteiger partial charge < -0.3 is 45.3 Å². The largest absolute Gasteiger partial charge is 0.444 e. The van der Waals surface area contributed by atoms with Crippen LogP contribution in [0.25, 0.3) is 0 Å². The van der Waals surface area contributed by atoms with Crippen LogP contribution in [0.4, 0.5) is 9.59 Å². The lowest BCUT2D eigenvalue weighted by atomic mass is 10.0. The van der Waals surface area contributed by atoms with Gasteiger partial charge in [-0.05, 0) is 131 Å². The summed E-state index contributed by atoms with van der Waals surface area (Å²) in [7, 11) is -8.84. The number of rotatable bonds is 10. The van der Waals surface area contributed by atoms with Crippen molar-refractivity contribution in [2.45, 2.75) is 214 Å². The van der Waals surface area contributed by atoms with E-state index in [1.54, 1.807) is 91.8 Å². The van der Waals surface area contributed by atoms with Crippen LogP contribution in [0.3, 0.4) is 0 Å². The molecule has 23 nitrogen and oxygen atoms in total. The van der Waals surface area contributed by atoms with Crippen LogP contribution in [-0.2, 0) is 63.0 Å². The van der Waals surface area contributed by atoms with Crippen molar-refractivity contribution in [1.29, 1.82) is 0 Å². The smallest absolute Gasteiger partial charge is 0.408 e. The molecular formula is C60H82N8O15S2. The number of aryl methyl sites for hydroxylation is 2. The number of hydrogen-bond donors (Lipinski definition) is 6. The van der Waals surface area contributed by atoms with E-state index in [0.717, 1.165) is 11.1 Å². The first kappa shape index (κ1) is 64.1. The molecular weight excluding hydrogens is 1140 g/mol. The molecule has 0 radical (unpaired) electrons. The average Bonchev–Trinajstić information content (AvgIpc) is 1.95. The number of hydrogen-bond acceptors (Lipinski definition) is 15. The van der Waals surface area contributed by atoms with Crippen LogP contribution in [0.2, 0.25) is 0 Å². The highest BCUT2D eigenvalue weighted by Gasteiger charge is 2.63. The summed E-state index contributed by atoms with van der Waals surface area (Å²) < 4.78 is 76.9. The molecule has 4 fully saturated rings. The summed E-state index contributed by atoms with van der Waals surface area (Å²) in [6.45, 7) is 13.1. The second kappa shape index (κ2) is 25.6. The molecule has 6 aliphatic rings. The number of nitrogens with one attached hydrogen (secondary N) is 6. The second-order valence-electron chi connectivity index (χ2n) is 25.4. The summed E-state index contributed by atoms with van der Waals surface area (Å²) in [4.78, 5) is 118. The summed E-state index contributed by atoms with van der Waals surface area (Å²) in [5, 5.41) is 11.1. The molecule has 2 saturated carbocycles. The number of amides is 8. The lowest BCUT2D eigenvalue weighted by Gasteiger charge is -2.30. The molecule has 2 aliphatic carbocycles. The van der Waals surface area contributed by atoms with Crippen LogP contribution >= 0.6 is 0 Å². The van der Waals surface area contributed by atoms with Crippen molar-refractivity contribution in [3.05, 3.63) is 84.0 Å². The zero-order valence-corrected chi connectivity index (χ0v) is 51.3. The van der Waals surface area contributed by atoms with Crippen LogP contribution in [0.5, 0.6) is 0 Å². The minimum absolute atomic E-state index is 0.0373. The Morgan fingerprint density at radius 1 is 0.553 bits per heavy atom. The van der Waals surface area contributed by atoms with E-state index in [4.69, 9.17) is 14.2 Å². The van der Waals surface area contributed by atoms with Crippen molar-refractivity contribution in [1.82, 2.24) is 40.5 Å². The number of nitrogens with zero attached hydrogens (tertiary/aromatic N) is 2. The highest BCUT2D eigenvalue weighted by atomic mass is 32.2. The van der Waals surface area contributed by atoms with E-state index in [1.807, 2.05) is 12.2 Å². The molecule has 6 N–H and O–H groups in total. The van der Waals surface area contributed by atoms with Crippen LogP contribution in [0, 0.1) is 25.7 Å². The topological polar surface area (TPSA) is 311 Å². The highest BCUT2D eigenvalue weighted by molar-refractivity contribution is 7.90. The van der Waals surface area contributed by atoms with Gasteiger partial charge in [-0.15, -0.1) is 0 Å². The number of ether oxygens (including phenoxy) is 3. The lowest BCUT2D eigenvalue weighted by Crippen LogP contribution is -2.58. The van der Waals surface area contributed by atoms with Gasteiger partial charge in [0.1, 0.15) is 46.4 Å². The molecule has 8 rings (SSSR count). The zero-order valence-electron chi connectivity index (χ0n) is 49.7. The van der Waals surface area contributed by atoms with Crippen molar-refractivity contribution in [2.75, 3.05) is 13.1 Å². The Labute approximate surface area is 498 Å². The summed E-state index contributed by atoms with van der Waals surface area (Å²) in [6.07, 6.45) is 8.29. The molecule has 2 aromatic carbocycles. The molecule has 4 heterocycles. The fourth-order valence-electron chi connectivity index (χ4n) is 11.5. The van der Waals surface area contributed by atoms with Gasteiger partial charge in [-0.1, -0.05) is 85.4 Å². The number of allylic oxidation sites excluding steroid dienone is 2. The van der Waals surface area contributed by atoms with Gasteiger partial charge in [0.2, 0.25) is 23.6 Å². The SMILES string of the molecule is Cc1ccc(S(=O)(=O)NC(=O)C23CC2/C=C\CCCCCC(NC(=O)OC(C)(C)C)C(=O)N2CC(OC4CC5C(=O)NC6(C(=O)NS(=O)(=O)c7ccc(C)cc7)CC6/C=C\CCCCCC(NC(=O)OC(C)(C)C)C(=O)N5C4)CC2C(=O)N3)cc1. The van der Waals surface area contributed by atoms with Gasteiger partial charge in [0.05, 0.1) is 22.0 Å². The number of alkyl carbamates (subject to hydrolysis) is 2. The van der Waals surface area contributed by atoms with Gasteiger partial charge in [-0.3, -0.25) is 28.8 Å². The highest BCUT2D eigenvalue weighted by Crippen LogP contribution is 2.47. The fourth-order valence-corrected chi connectivity index (χ4v) is 13.6. The molecule has 0 spiro atoms. The monoisotopic (exact) mass is 1220 g/mol. The number of carbonyl (C=O) groups excluding carboxylic acids is 8. The van der Waals surface area contributed by atoms with Crippen LogP contribution in [0.1, 0.15) is 143 Å². The maximum absolute atomic E-state index is 15.1.